The van der Waals surface area contributed by atoms with Gasteiger partial charge in [0.2, 0.25) is 10.0 Å². The van der Waals surface area contributed by atoms with Crippen molar-refractivity contribution >= 4 is 33.5 Å². The maximum Gasteiger partial charge on any atom is 0.340 e. The van der Waals surface area contributed by atoms with Crippen LogP contribution in [0.1, 0.15) is 38.1 Å². The summed E-state index contributed by atoms with van der Waals surface area (Å²) in [6, 6.07) is 3.54. The number of benzene rings is 1. The second-order valence-corrected chi connectivity index (χ2v) is 8.94. The van der Waals surface area contributed by atoms with E-state index < -0.39 is 28.5 Å². The van der Waals surface area contributed by atoms with Crippen molar-refractivity contribution in [1.29, 1.82) is 0 Å². The van der Waals surface area contributed by atoms with E-state index in [0.29, 0.717) is 6.54 Å². The Morgan fingerprint density at radius 1 is 1.23 bits per heavy atom. The second kappa shape index (κ2) is 9.34. The first-order valence-corrected chi connectivity index (χ1v) is 10.00. The number of amides is 1. The minimum atomic E-state index is -3.77. The van der Waals surface area contributed by atoms with E-state index in [9.17, 15) is 18.0 Å². The maximum absolute atomic E-state index is 12.5. The van der Waals surface area contributed by atoms with Crippen LogP contribution in [0.25, 0.3) is 0 Å². The van der Waals surface area contributed by atoms with Gasteiger partial charge in [0.15, 0.2) is 6.61 Å². The van der Waals surface area contributed by atoms with Gasteiger partial charge in [-0.2, -0.15) is 4.31 Å². The maximum atomic E-state index is 12.5. The third-order valence-corrected chi connectivity index (χ3v) is 5.96. The molecule has 0 aromatic heterocycles. The number of halogens is 1. The molecule has 1 N–H and O–H groups in total. The lowest BCUT2D eigenvalue weighted by Gasteiger charge is -2.21. The summed E-state index contributed by atoms with van der Waals surface area (Å²) in [6.45, 7) is 7.34. The first-order valence-electron chi connectivity index (χ1n) is 8.18. The normalized spacial score (nSPS) is 11.9. The average Bonchev–Trinajstić information content (AvgIpc) is 2.57. The van der Waals surface area contributed by atoms with Gasteiger partial charge in [0, 0.05) is 19.6 Å². The van der Waals surface area contributed by atoms with Gasteiger partial charge in [-0.25, -0.2) is 13.2 Å². The summed E-state index contributed by atoms with van der Waals surface area (Å²) >= 11 is 5.99. The fraction of sp³-hybridized carbons (Fsp3) is 0.529. The number of rotatable bonds is 8. The molecule has 26 heavy (non-hydrogen) atoms. The number of nitrogens with zero attached hydrogens (tertiary/aromatic N) is 1. The number of carbonyl (C=O) groups is 2. The molecule has 0 bridgehead atoms. The minimum absolute atomic E-state index is 0.0451. The van der Waals surface area contributed by atoms with E-state index in [1.807, 2.05) is 13.8 Å². The molecule has 1 aromatic carbocycles. The quantitative estimate of drug-likeness (QED) is 0.671. The molecule has 0 saturated heterocycles. The van der Waals surface area contributed by atoms with Gasteiger partial charge in [0.1, 0.15) is 0 Å². The summed E-state index contributed by atoms with van der Waals surface area (Å²) < 4.78 is 31.2. The Kier molecular flexibility index (Phi) is 8.05. The molecule has 0 heterocycles. The minimum Gasteiger partial charge on any atom is -0.452 e. The van der Waals surface area contributed by atoms with Crippen molar-refractivity contribution in [3.8, 4) is 0 Å². The predicted octanol–water partition coefficient (Wildman–Crippen LogP) is 2.30. The zero-order valence-electron chi connectivity index (χ0n) is 15.6. The lowest BCUT2D eigenvalue weighted by molar-refractivity contribution is -0.124. The standard InChI is InChI=1S/C17H25ClN2O5S/c1-11(2)9-19-16(21)10-25-17(22)14-8-13(6-7-15(14)18)26(23,24)20(5)12(3)4/h6-8,11-12H,9-10H2,1-5H3,(H,19,21). The molecular weight excluding hydrogens is 380 g/mol. The van der Waals surface area contributed by atoms with Crippen molar-refractivity contribution in [1.82, 2.24) is 9.62 Å². The lowest BCUT2D eigenvalue weighted by atomic mass is 10.2. The molecule has 0 aliphatic heterocycles. The van der Waals surface area contributed by atoms with Crippen molar-refractivity contribution in [2.24, 2.45) is 5.92 Å². The topological polar surface area (TPSA) is 92.8 Å². The Bertz CT molecular complexity index is 762. The van der Waals surface area contributed by atoms with Gasteiger partial charge in [-0.3, -0.25) is 4.79 Å². The molecular formula is C17H25ClN2O5S. The van der Waals surface area contributed by atoms with E-state index in [2.05, 4.69) is 5.32 Å². The van der Waals surface area contributed by atoms with Crippen LogP contribution in [0.5, 0.6) is 0 Å². The number of hydrogen-bond acceptors (Lipinski definition) is 5. The van der Waals surface area contributed by atoms with Crippen molar-refractivity contribution < 1.29 is 22.7 Å². The molecule has 146 valence electrons. The third kappa shape index (κ3) is 5.96. The molecule has 0 atom stereocenters. The Morgan fingerprint density at radius 2 is 1.85 bits per heavy atom. The van der Waals surface area contributed by atoms with Crippen LogP contribution >= 0.6 is 11.6 Å². The van der Waals surface area contributed by atoms with Crippen molar-refractivity contribution in [3.63, 3.8) is 0 Å². The molecule has 7 nitrogen and oxygen atoms in total. The molecule has 0 aliphatic carbocycles. The summed E-state index contributed by atoms with van der Waals surface area (Å²) in [4.78, 5) is 23.8. The van der Waals surface area contributed by atoms with E-state index in [1.54, 1.807) is 13.8 Å². The SMILES string of the molecule is CC(C)CNC(=O)COC(=O)c1cc(S(=O)(=O)N(C)C(C)C)ccc1Cl. The van der Waals surface area contributed by atoms with Crippen LogP contribution in [-0.2, 0) is 19.6 Å². The number of sulfonamides is 1. The fourth-order valence-corrected chi connectivity index (χ4v) is 3.43. The van der Waals surface area contributed by atoms with Crippen molar-refractivity contribution in [2.45, 2.75) is 38.6 Å². The second-order valence-electron chi connectivity index (χ2n) is 6.53. The predicted molar refractivity (Wildman–Crippen MR) is 99.7 cm³/mol. The van der Waals surface area contributed by atoms with Crippen molar-refractivity contribution in [3.05, 3.63) is 28.8 Å². The summed E-state index contributed by atoms with van der Waals surface area (Å²) in [5.74, 6) is -1.03. The Balaban J connectivity index is 2.93. The van der Waals surface area contributed by atoms with Crippen molar-refractivity contribution in [2.75, 3.05) is 20.2 Å². The van der Waals surface area contributed by atoms with Gasteiger partial charge in [-0.1, -0.05) is 25.4 Å². The first-order chi connectivity index (χ1) is 12.0. The fourth-order valence-electron chi connectivity index (χ4n) is 1.84. The van der Waals surface area contributed by atoms with Gasteiger partial charge >= 0.3 is 5.97 Å². The molecule has 0 unspecified atom stereocenters. The summed E-state index contributed by atoms with van der Waals surface area (Å²) in [6.07, 6.45) is 0. The third-order valence-electron chi connectivity index (χ3n) is 3.60. The average molecular weight is 405 g/mol. The number of carbonyl (C=O) groups excluding carboxylic acids is 2. The summed E-state index contributed by atoms with van der Waals surface area (Å²) in [5.41, 5.74) is -0.110. The van der Waals surface area contributed by atoms with E-state index in [1.165, 1.54) is 23.5 Å². The first kappa shape index (κ1) is 22.4. The van der Waals surface area contributed by atoms with Crippen LogP contribution in [0.4, 0.5) is 0 Å². The molecule has 0 spiro atoms. The van der Waals surface area contributed by atoms with E-state index >= 15 is 0 Å². The monoisotopic (exact) mass is 404 g/mol. The van der Waals surface area contributed by atoms with Crippen LogP contribution in [0.2, 0.25) is 5.02 Å². The summed E-state index contributed by atoms with van der Waals surface area (Å²) in [5, 5.41) is 2.66. The van der Waals surface area contributed by atoms with Gasteiger partial charge in [-0.15, -0.1) is 0 Å². The zero-order chi connectivity index (χ0) is 20.1. The smallest absolute Gasteiger partial charge is 0.340 e. The molecule has 1 rings (SSSR count). The molecule has 0 radical (unpaired) electrons. The van der Waals surface area contributed by atoms with Crippen LogP contribution in [0.3, 0.4) is 0 Å². The molecule has 0 saturated carbocycles. The van der Waals surface area contributed by atoms with Crippen LogP contribution in [-0.4, -0.2) is 50.8 Å². The molecule has 0 fully saturated rings. The molecule has 0 aliphatic rings. The van der Waals surface area contributed by atoms with Crippen LogP contribution in [0.15, 0.2) is 23.1 Å². The Labute approximate surface area is 159 Å². The van der Waals surface area contributed by atoms with Gasteiger partial charge in [0.05, 0.1) is 15.5 Å². The van der Waals surface area contributed by atoms with E-state index in [-0.39, 0.29) is 27.4 Å². The number of hydrogen-bond donors (Lipinski definition) is 1. The lowest BCUT2D eigenvalue weighted by Crippen LogP contribution is -2.33. The Morgan fingerprint density at radius 3 is 2.38 bits per heavy atom. The highest BCUT2D eigenvalue weighted by atomic mass is 35.5. The zero-order valence-corrected chi connectivity index (χ0v) is 17.1. The summed E-state index contributed by atoms with van der Waals surface area (Å²) in [7, 11) is -2.32. The molecule has 1 amide bonds. The van der Waals surface area contributed by atoms with E-state index in [0.717, 1.165) is 6.07 Å². The number of nitrogens with one attached hydrogen (secondary N) is 1. The largest absolute Gasteiger partial charge is 0.452 e. The van der Waals surface area contributed by atoms with Crippen LogP contribution < -0.4 is 5.32 Å². The Hall–Kier alpha value is -1.64. The van der Waals surface area contributed by atoms with Gasteiger partial charge in [0.25, 0.3) is 5.91 Å². The highest BCUT2D eigenvalue weighted by molar-refractivity contribution is 7.89. The van der Waals surface area contributed by atoms with Crippen LogP contribution in [0, 0.1) is 5.92 Å². The van der Waals surface area contributed by atoms with Gasteiger partial charge < -0.3 is 10.1 Å². The highest BCUT2D eigenvalue weighted by Gasteiger charge is 2.25. The van der Waals surface area contributed by atoms with Gasteiger partial charge in [-0.05, 0) is 38.0 Å². The van der Waals surface area contributed by atoms with E-state index in [4.69, 9.17) is 16.3 Å². The highest BCUT2D eigenvalue weighted by Crippen LogP contribution is 2.24. The molecule has 1 aromatic rings. The number of ether oxygens (including phenoxy) is 1. The molecule has 9 heteroatoms. The number of esters is 1.